The number of carbonyl (C=O) groups excluding carboxylic acids is 3. The highest BCUT2D eigenvalue weighted by molar-refractivity contribution is 6.03. The molecular formula is C25H25N3O5. The monoisotopic (exact) mass is 447 g/mol. The summed E-state index contributed by atoms with van der Waals surface area (Å²) in [5.41, 5.74) is 0.380. The zero-order valence-corrected chi connectivity index (χ0v) is 18.1. The Balaban J connectivity index is 1.61. The van der Waals surface area contributed by atoms with E-state index in [1.807, 2.05) is 30.3 Å². The van der Waals surface area contributed by atoms with Crippen molar-refractivity contribution < 1.29 is 24.3 Å². The third-order valence-electron chi connectivity index (χ3n) is 6.23. The van der Waals surface area contributed by atoms with E-state index in [9.17, 15) is 24.3 Å². The van der Waals surface area contributed by atoms with Crippen molar-refractivity contribution in [3.8, 4) is 0 Å². The molecule has 1 heterocycles. The van der Waals surface area contributed by atoms with Gasteiger partial charge in [-0.25, -0.2) is 4.79 Å². The summed E-state index contributed by atoms with van der Waals surface area (Å²) in [7, 11) is 0. The van der Waals surface area contributed by atoms with Crippen molar-refractivity contribution in [3.05, 3.63) is 78.4 Å². The topological polar surface area (TPSA) is 107 Å². The van der Waals surface area contributed by atoms with E-state index >= 15 is 0 Å². The van der Waals surface area contributed by atoms with Gasteiger partial charge in [0.05, 0.1) is 5.56 Å². The normalized spacial score (nSPS) is 17.4. The number of hydrogen-bond donors (Lipinski definition) is 2. The van der Waals surface area contributed by atoms with Crippen LogP contribution in [0.1, 0.15) is 28.8 Å². The third kappa shape index (κ3) is 4.37. The van der Waals surface area contributed by atoms with Gasteiger partial charge < -0.3 is 20.2 Å². The molecule has 2 aromatic rings. The average molecular weight is 447 g/mol. The number of anilines is 1. The van der Waals surface area contributed by atoms with E-state index < -0.39 is 23.5 Å². The smallest absolute Gasteiger partial charge is 0.335 e. The van der Waals surface area contributed by atoms with Crippen LogP contribution in [0.5, 0.6) is 0 Å². The highest BCUT2D eigenvalue weighted by atomic mass is 16.4. The molecule has 2 aliphatic rings. The lowest BCUT2D eigenvalue weighted by Crippen LogP contribution is -2.64. The third-order valence-corrected chi connectivity index (χ3v) is 6.23. The van der Waals surface area contributed by atoms with Gasteiger partial charge in [-0.05, 0) is 42.7 Å². The van der Waals surface area contributed by atoms with Crippen LogP contribution in [0, 0.1) is 0 Å². The molecule has 3 amide bonds. The first kappa shape index (κ1) is 22.3. The van der Waals surface area contributed by atoms with Gasteiger partial charge in [0.15, 0.2) is 0 Å². The van der Waals surface area contributed by atoms with E-state index in [4.69, 9.17) is 0 Å². The number of piperazine rings is 1. The Morgan fingerprint density at radius 3 is 2.45 bits per heavy atom. The van der Waals surface area contributed by atoms with Crippen LogP contribution in [-0.4, -0.2) is 63.3 Å². The number of carbonyl (C=O) groups is 4. The molecule has 8 heteroatoms. The van der Waals surface area contributed by atoms with Gasteiger partial charge in [0.25, 0.3) is 0 Å². The Kier molecular flexibility index (Phi) is 6.00. The first-order chi connectivity index (χ1) is 15.9. The molecule has 1 spiro atoms. The number of aromatic carboxylic acids is 1. The predicted molar refractivity (Wildman–Crippen MR) is 122 cm³/mol. The SMILES string of the molecule is C=CC(=O)N1CCN([C@@H](Cc2ccccc2)C(=O)Nc2cccc(C(=O)O)c2)C(=O)C12CC2. The molecule has 2 aromatic carbocycles. The molecule has 0 aromatic heterocycles. The summed E-state index contributed by atoms with van der Waals surface area (Å²) in [6.07, 6.45) is 2.62. The number of hydrogen-bond acceptors (Lipinski definition) is 4. The van der Waals surface area contributed by atoms with Crippen LogP contribution in [0.25, 0.3) is 0 Å². The lowest BCUT2D eigenvalue weighted by atomic mass is 9.99. The molecule has 1 aliphatic carbocycles. The average Bonchev–Trinajstić information content (AvgIpc) is 3.61. The molecule has 2 N–H and O–H groups in total. The summed E-state index contributed by atoms with van der Waals surface area (Å²) in [6, 6.07) is 14.5. The van der Waals surface area contributed by atoms with E-state index in [0.29, 0.717) is 31.5 Å². The standard InChI is InChI=1S/C25H25N3O5/c1-2-21(29)28-14-13-27(24(33)25(28)11-12-25)20(15-17-7-4-3-5-8-17)22(30)26-19-10-6-9-18(16-19)23(31)32/h2-10,16,20H,1,11-15H2,(H,26,30)(H,31,32)/t20-/m0/s1. The summed E-state index contributed by atoms with van der Waals surface area (Å²) < 4.78 is 0. The quantitative estimate of drug-likeness (QED) is 0.634. The van der Waals surface area contributed by atoms with Crippen molar-refractivity contribution in [2.75, 3.05) is 18.4 Å². The van der Waals surface area contributed by atoms with Crippen molar-refractivity contribution >= 4 is 29.4 Å². The van der Waals surface area contributed by atoms with Crippen molar-refractivity contribution in [3.63, 3.8) is 0 Å². The maximum Gasteiger partial charge on any atom is 0.335 e. The lowest BCUT2D eigenvalue weighted by Gasteiger charge is -2.43. The Hall–Kier alpha value is -3.94. The van der Waals surface area contributed by atoms with Crippen molar-refractivity contribution in [2.45, 2.75) is 30.8 Å². The first-order valence-electron chi connectivity index (χ1n) is 10.8. The van der Waals surface area contributed by atoms with E-state index in [1.54, 1.807) is 21.9 Å². The molecule has 0 radical (unpaired) electrons. The Labute approximate surface area is 191 Å². The van der Waals surface area contributed by atoms with E-state index in [2.05, 4.69) is 11.9 Å². The second kappa shape index (κ2) is 8.90. The van der Waals surface area contributed by atoms with Gasteiger partial charge in [0.1, 0.15) is 11.6 Å². The van der Waals surface area contributed by atoms with Crippen LogP contribution in [0.4, 0.5) is 5.69 Å². The minimum Gasteiger partial charge on any atom is -0.478 e. The molecule has 1 saturated carbocycles. The van der Waals surface area contributed by atoms with Crippen LogP contribution < -0.4 is 5.32 Å². The number of rotatable bonds is 7. The highest BCUT2D eigenvalue weighted by Gasteiger charge is 2.60. The van der Waals surface area contributed by atoms with Gasteiger partial charge >= 0.3 is 5.97 Å². The molecule has 0 bridgehead atoms. The minimum atomic E-state index is -1.10. The fourth-order valence-corrected chi connectivity index (χ4v) is 4.37. The first-order valence-corrected chi connectivity index (χ1v) is 10.8. The number of benzene rings is 2. The summed E-state index contributed by atoms with van der Waals surface area (Å²) >= 11 is 0. The summed E-state index contributed by atoms with van der Waals surface area (Å²) in [5.74, 6) is -2.02. The van der Waals surface area contributed by atoms with E-state index in [-0.39, 0.29) is 23.9 Å². The lowest BCUT2D eigenvalue weighted by molar-refractivity contribution is -0.155. The molecule has 1 aliphatic heterocycles. The Morgan fingerprint density at radius 2 is 1.82 bits per heavy atom. The number of carboxylic acids is 1. The van der Waals surface area contributed by atoms with Crippen LogP contribution in [0.2, 0.25) is 0 Å². The molecule has 4 rings (SSSR count). The van der Waals surface area contributed by atoms with Crippen molar-refractivity contribution in [1.29, 1.82) is 0 Å². The largest absolute Gasteiger partial charge is 0.478 e. The summed E-state index contributed by atoms with van der Waals surface area (Å²) in [4.78, 5) is 53.6. The van der Waals surface area contributed by atoms with Gasteiger partial charge in [0, 0.05) is 25.2 Å². The van der Waals surface area contributed by atoms with Crippen molar-refractivity contribution in [1.82, 2.24) is 9.80 Å². The predicted octanol–water partition coefficient (Wildman–Crippen LogP) is 2.32. The maximum atomic E-state index is 13.5. The van der Waals surface area contributed by atoms with Crippen LogP contribution in [0.3, 0.4) is 0 Å². The summed E-state index contributed by atoms with van der Waals surface area (Å²) in [6.45, 7) is 4.08. The molecule has 1 saturated heterocycles. The van der Waals surface area contributed by atoms with Crippen LogP contribution in [-0.2, 0) is 20.8 Å². The molecule has 170 valence electrons. The molecule has 2 fully saturated rings. The number of amides is 3. The maximum absolute atomic E-state index is 13.5. The minimum absolute atomic E-state index is 0.0528. The summed E-state index contributed by atoms with van der Waals surface area (Å²) in [5, 5.41) is 12.0. The Morgan fingerprint density at radius 1 is 1.09 bits per heavy atom. The van der Waals surface area contributed by atoms with Crippen LogP contribution in [0.15, 0.2) is 67.3 Å². The number of nitrogens with one attached hydrogen (secondary N) is 1. The second-order valence-corrected chi connectivity index (χ2v) is 8.30. The van der Waals surface area contributed by atoms with Crippen molar-refractivity contribution in [2.24, 2.45) is 0 Å². The molecule has 33 heavy (non-hydrogen) atoms. The van der Waals surface area contributed by atoms with Gasteiger partial charge in [-0.3, -0.25) is 14.4 Å². The zero-order chi connectivity index (χ0) is 23.6. The Bertz CT molecular complexity index is 1110. The molecular weight excluding hydrogens is 422 g/mol. The number of nitrogens with zero attached hydrogens (tertiary/aromatic N) is 2. The zero-order valence-electron chi connectivity index (χ0n) is 18.1. The fourth-order valence-electron chi connectivity index (χ4n) is 4.37. The van der Waals surface area contributed by atoms with Gasteiger partial charge in [-0.1, -0.05) is 43.0 Å². The van der Waals surface area contributed by atoms with E-state index in [0.717, 1.165) is 5.56 Å². The number of carboxylic acid groups (broad SMARTS) is 1. The molecule has 1 atom stereocenters. The highest BCUT2D eigenvalue weighted by Crippen LogP contribution is 2.46. The van der Waals surface area contributed by atoms with Gasteiger partial charge in [-0.2, -0.15) is 0 Å². The van der Waals surface area contributed by atoms with Gasteiger partial charge in [-0.15, -0.1) is 0 Å². The van der Waals surface area contributed by atoms with E-state index in [1.165, 1.54) is 18.2 Å². The second-order valence-electron chi connectivity index (χ2n) is 8.30. The molecule has 8 nitrogen and oxygen atoms in total. The van der Waals surface area contributed by atoms with Gasteiger partial charge in [0.2, 0.25) is 17.7 Å². The van der Waals surface area contributed by atoms with Crippen LogP contribution >= 0.6 is 0 Å². The molecule has 0 unspecified atom stereocenters. The fraction of sp³-hybridized carbons (Fsp3) is 0.280.